The molecule has 0 radical (unpaired) electrons. The van der Waals surface area contributed by atoms with Crippen LogP contribution in [0.2, 0.25) is 18.1 Å². The maximum atomic E-state index is 12.4. The lowest BCUT2D eigenvalue weighted by Gasteiger charge is -2.35. The molecule has 0 bridgehead atoms. The Labute approximate surface area is 121 Å². The van der Waals surface area contributed by atoms with E-state index in [0.717, 1.165) is 12.8 Å². The monoisotopic (exact) mass is 280 g/mol. The smallest absolute Gasteiger partial charge is 0.132 e. The first kappa shape index (κ1) is 18.4. The van der Waals surface area contributed by atoms with Crippen molar-refractivity contribution in [3.05, 3.63) is 23.3 Å². The Balaban J connectivity index is 4.42. The van der Waals surface area contributed by atoms with Crippen molar-refractivity contribution in [1.82, 2.24) is 0 Å². The van der Waals surface area contributed by atoms with Crippen LogP contribution < -0.4 is 0 Å². The van der Waals surface area contributed by atoms with E-state index in [1.807, 2.05) is 0 Å². The van der Waals surface area contributed by atoms with Gasteiger partial charge in [-0.3, -0.25) is 0 Å². The highest BCUT2D eigenvalue weighted by molar-refractivity contribution is 7.06. The number of carbonyl (C=O) groups is 1. The summed E-state index contributed by atoms with van der Waals surface area (Å²) >= 11 is 0. The van der Waals surface area contributed by atoms with Crippen LogP contribution in [0.1, 0.15) is 60.8 Å². The molecule has 0 fully saturated rings. The fourth-order valence-corrected chi connectivity index (χ4v) is 3.23. The normalized spacial score (nSPS) is 13.4. The molecule has 2 heteroatoms. The number of rotatable bonds is 6. The van der Waals surface area contributed by atoms with Crippen molar-refractivity contribution in [2.75, 3.05) is 0 Å². The van der Waals surface area contributed by atoms with Gasteiger partial charge in [0.25, 0.3) is 0 Å². The van der Waals surface area contributed by atoms with Gasteiger partial charge in [-0.2, -0.15) is 0 Å². The third-order valence-electron chi connectivity index (χ3n) is 4.31. The number of hydrogen-bond donors (Lipinski definition) is 0. The van der Waals surface area contributed by atoms with Crippen LogP contribution in [0, 0.1) is 0 Å². The minimum absolute atomic E-state index is 0.157. The predicted molar refractivity (Wildman–Crippen MR) is 89.2 cm³/mol. The molecule has 0 N–H and O–H groups in total. The number of hydrogen-bond acceptors (Lipinski definition) is 1. The summed E-state index contributed by atoms with van der Waals surface area (Å²) < 4.78 is 0. The maximum absolute atomic E-state index is 12.4. The van der Waals surface area contributed by atoms with E-state index >= 15 is 0 Å². The van der Waals surface area contributed by atoms with Crippen LogP contribution in [-0.2, 0) is 4.79 Å². The fraction of sp³-hybridized carbons (Fsp3) is 0.706. The zero-order valence-electron chi connectivity index (χ0n) is 14.2. The maximum Gasteiger partial charge on any atom is 0.132 e. The Kier molecular flexibility index (Phi) is 6.99. The van der Waals surface area contributed by atoms with Crippen LogP contribution in [0.15, 0.2) is 23.3 Å². The summed E-state index contributed by atoms with van der Waals surface area (Å²) in [6.07, 6.45) is 7.09. The lowest BCUT2D eigenvalue weighted by molar-refractivity contribution is -0.112. The molecule has 0 heterocycles. The zero-order valence-corrected chi connectivity index (χ0v) is 15.2. The minimum atomic E-state index is -1.80. The highest BCUT2D eigenvalue weighted by Crippen LogP contribution is 2.37. The van der Waals surface area contributed by atoms with Gasteiger partial charge >= 0.3 is 0 Å². The first-order valence-electron chi connectivity index (χ1n) is 7.31. The first-order chi connectivity index (χ1) is 8.48. The van der Waals surface area contributed by atoms with Crippen LogP contribution in [0.3, 0.4) is 0 Å². The highest BCUT2D eigenvalue weighted by Gasteiger charge is 2.41. The third kappa shape index (κ3) is 6.37. The average Bonchev–Trinajstić information content (AvgIpc) is 2.23. The van der Waals surface area contributed by atoms with Gasteiger partial charge in [-0.15, -0.1) is 0 Å². The van der Waals surface area contributed by atoms with E-state index < -0.39 is 8.07 Å². The quantitative estimate of drug-likeness (QED) is 0.451. The number of allylic oxidation sites excluding steroid dienone is 4. The lowest BCUT2D eigenvalue weighted by Crippen LogP contribution is -2.46. The van der Waals surface area contributed by atoms with E-state index in [0.29, 0.717) is 11.8 Å². The van der Waals surface area contributed by atoms with Gasteiger partial charge in [-0.05, 0) is 38.7 Å². The van der Waals surface area contributed by atoms with E-state index in [1.54, 1.807) is 0 Å². The molecular weight excluding hydrogens is 248 g/mol. The Bertz CT molecular complexity index is 363. The van der Waals surface area contributed by atoms with Crippen LogP contribution in [0.5, 0.6) is 0 Å². The predicted octanol–water partition coefficient (Wildman–Crippen LogP) is 5.69. The molecule has 0 atom stereocenters. The van der Waals surface area contributed by atoms with E-state index in [9.17, 15) is 4.79 Å². The lowest BCUT2D eigenvalue weighted by atomic mass is 10.1. The number of carbonyl (C=O) groups excluding carboxylic acids is 1. The molecular formula is C17H32OSi. The van der Waals surface area contributed by atoms with Crippen molar-refractivity contribution >= 4 is 13.5 Å². The molecule has 0 aromatic heterocycles. The summed E-state index contributed by atoms with van der Waals surface area (Å²) in [4.78, 5) is 12.4. The minimum Gasteiger partial charge on any atom is -0.305 e. The molecule has 0 aromatic rings. The Morgan fingerprint density at radius 2 is 1.53 bits per heavy atom. The van der Waals surface area contributed by atoms with E-state index in [4.69, 9.17) is 0 Å². The average molecular weight is 281 g/mol. The third-order valence-corrected chi connectivity index (χ3v) is 9.71. The van der Waals surface area contributed by atoms with E-state index in [2.05, 4.69) is 66.8 Å². The second-order valence-electron chi connectivity index (χ2n) is 7.37. The summed E-state index contributed by atoms with van der Waals surface area (Å²) in [5.74, 6) is 0. The molecule has 1 nitrogen and oxygen atoms in total. The Morgan fingerprint density at radius 3 is 1.95 bits per heavy atom. The van der Waals surface area contributed by atoms with Gasteiger partial charge in [-0.25, -0.2) is 0 Å². The van der Waals surface area contributed by atoms with Crippen LogP contribution in [0.4, 0.5) is 0 Å². The van der Waals surface area contributed by atoms with Gasteiger partial charge in [0.05, 0.1) is 0 Å². The summed E-state index contributed by atoms with van der Waals surface area (Å²) in [7, 11) is -1.80. The molecule has 19 heavy (non-hydrogen) atoms. The molecule has 0 unspecified atom stereocenters. The van der Waals surface area contributed by atoms with Gasteiger partial charge in [0.2, 0.25) is 0 Å². The van der Waals surface area contributed by atoms with E-state index in [1.165, 1.54) is 11.1 Å². The van der Waals surface area contributed by atoms with Crippen molar-refractivity contribution in [3.63, 3.8) is 0 Å². The van der Waals surface area contributed by atoms with Crippen molar-refractivity contribution in [1.29, 1.82) is 0 Å². The standard InChI is InChI=1S/C17H32OSi/c1-14(2)10-9-11-15(3)12-13-16(18)19(7,8)17(4,5)6/h10-11H,9,12-13H2,1-8H3/b15-11+. The van der Waals surface area contributed by atoms with Crippen LogP contribution in [0.25, 0.3) is 0 Å². The van der Waals surface area contributed by atoms with Crippen molar-refractivity contribution < 1.29 is 4.79 Å². The van der Waals surface area contributed by atoms with Crippen molar-refractivity contribution in [2.45, 2.75) is 78.9 Å². The van der Waals surface area contributed by atoms with E-state index in [-0.39, 0.29) is 5.04 Å². The zero-order chi connectivity index (χ0) is 15.3. The van der Waals surface area contributed by atoms with Gasteiger partial charge < -0.3 is 4.79 Å². The molecule has 0 saturated heterocycles. The summed E-state index contributed by atoms with van der Waals surface area (Å²) in [5, 5.41) is 0.666. The van der Waals surface area contributed by atoms with Gasteiger partial charge in [-0.1, -0.05) is 57.2 Å². The summed E-state index contributed by atoms with van der Waals surface area (Å²) in [6.45, 7) is 17.4. The molecule has 0 amide bonds. The summed E-state index contributed by atoms with van der Waals surface area (Å²) in [5.41, 5.74) is 2.69. The highest BCUT2D eigenvalue weighted by atomic mass is 28.3. The topological polar surface area (TPSA) is 17.1 Å². The fourth-order valence-electron chi connectivity index (χ4n) is 1.64. The van der Waals surface area contributed by atoms with Gasteiger partial charge in [0.1, 0.15) is 13.5 Å². The largest absolute Gasteiger partial charge is 0.305 e. The molecule has 0 rings (SSSR count). The molecule has 0 aliphatic carbocycles. The van der Waals surface area contributed by atoms with Crippen LogP contribution >= 0.6 is 0 Å². The Hall–Kier alpha value is -0.633. The Morgan fingerprint density at radius 1 is 1.00 bits per heavy atom. The SMILES string of the molecule is CC(C)=CC/C=C(\C)CCC(=O)[Si](C)(C)C(C)(C)C. The van der Waals surface area contributed by atoms with Crippen LogP contribution in [-0.4, -0.2) is 13.5 Å². The molecule has 0 aliphatic rings. The first-order valence-corrected chi connectivity index (χ1v) is 10.3. The van der Waals surface area contributed by atoms with Gasteiger partial charge in [0, 0.05) is 6.42 Å². The molecule has 0 aliphatic heterocycles. The van der Waals surface area contributed by atoms with Gasteiger partial charge in [0.15, 0.2) is 0 Å². The second-order valence-corrected chi connectivity index (χ2v) is 12.7. The van der Waals surface area contributed by atoms with Crippen molar-refractivity contribution in [3.8, 4) is 0 Å². The molecule has 0 spiro atoms. The van der Waals surface area contributed by atoms with Crippen molar-refractivity contribution in [2.24, 2.45) is 0 Å². The molecule has 110 valence electrons. The molecule has 0 aromatic carbocycles. The molecule has 0 saturated carbocycles. The summed E-state index contributed by atoms with van der Waals surface area (Å²) in [6, 6.07) is 0. The second kappa shape index (κ2) is 7.23.